The van der Waals surface area contributed by atoms with Crippen LogP contribution in [-0.2, 0) is 11.3 Å². The topological polar surface area (TPSA) is 41.1 Å². The molecule has 0 spiro atoms. The van der Waals surface area contributed by atoms with Gasteiger partial charge in [-0.1, -0.05) is 17.7 Å². The third-order valence-electron chi connectivity index (χ3n) is 2.29. The van der Waals surface area contributed by atoms with E-state index in [0.29, 0.717) is 19.5 Å². The van der Waals surface area contributed by atoms with Gasteiger partial charge in [-0.2, -0.15) is 0 Å². The first-order valence-electron chi connectivity index (χ1n) is 5.93. The lowest BCUT2D eigenvalue weighted by Crippen LogP contribution is -2.32. The number of hydrogen-bond acceptors (Lipinski definition) is 2. The molecule has 0 unspecified atom stereocenters. The Morgan fingerprint density at radius 3 is 2.78 bits per heavy atom. The van der Waals surface area contributed by atoms with Gasteiger partial charge in [0.2, 0.25) is 5.91 Å². The van der Waals surface area contributed by atoms with Gasteiger partial charge in [0.25, 0.3) is 0 Å². The summed E-state index contributed by atoms with van der Waals surface area (Å²) in [5, 5.41) is 6.04. The Morgan fingerprint density at radius 2 is 2.17 bits per heavy atom. The average Bonchev–Trinajstić information content (AvgIpc) is 2.28. The van der Waals surface area contributed by atoms with Crippen LogP contribution in [0.4, 0.5) is 4.39 Å². The highest BCUT2D eigenvalue weighted by molar-refractivity contribution is 6.30. The molecule has 0 saturated heterocycles. The molecule has 0 aliphatic heterocycles. The summed E-state index contributed by atoms with van der Waals surface area (Å²) in [7, 11) is 0. The van der Waals surface area contributed by atoms with E-state index in [2.05, 4.69) is 10.6 Å². The van der Waals surface area contributed by atoms with E-state index in [9.17, 15) is 9.18 Å². The van der Waals surface area contributed by atoms with Gasteiger partial charge in [0.05, 0.1) is 5.02 Å². The summed E-state index contributed by atoms with van der Waals surface area (Å²) >= 11 is 5.67. The molecule has 3 nitrogen and oxygen atoms in total. The Hall–Kier alpha value is -1.13. The monoisotopic (exact) mass is 272 g/mol. The fraction of sp³-hybridized carbons (Fsp3) is 0.462. The Labute approximate surface area is 112 Å². The molecule has 18 heavy (non-hydrogen) atoms. The molecule has 1 rings (SSSR count). The van der Waals surface area contributed by atoms with Crippen molar-refractivity contribution in [1.29, 1.82) is 0 Å². The molecule has 0 radical (unpaired) electrons. The van der Waals surface area contributed by atoms with Crippen LogP contribution in [0.5, 0.6) is 0 Å². The minimum Gasteiger partial charge on any atom is -0.354 e. The van der Waals surface area contributed by atoms with E-state index in [4.69, 9.17) is 11.6 Å². The first-order chi connectivity index (χ1) is 8.49. The third-order valence-corrected chi connectivity index (χ3v) is 2.58. The van der Waals surface area contributed by atoms with Crippen molar-refractivity contribution in [3.8, 4) is 0 Å². The Morgan fingerprint density at radius 1 is 1.44 bits per heavy atom. The molecule has 0 atom stereocenters. The highest BCUT2D eigenvalue weighted by Crippen LogP contribution is 2.15. The molecular weight excluding hydrogens is 255 g/mol. The van der Waals surface area contributed by atoms with Crippen molar-refractivity contribution in [2.24, 2.45) is 0 Å². The second-order valence-electron chi connectivity index (χ2n) is 4.40. The summed E-state index contributed by atoms with van der Waals surface area (Å²) in [4.78, 5) is 11.3. The van der Waals surface area contributed by atoms with E-state index in [1.165, 1.54) is 6.07 Å². The first-order valence-corrected chi connectivity index (χ1v) is 6.31. The number of rotatable bonds is 6. The molecule has 0 aliphatic rings. The highest BCUT2D eigenvalue weighted by atomic mass is 35.5. The second kappa shape index (κ2) is 7.34. The van der Waals surface area contributed by atoms with Gasteiger partial charge < -0.3 is 10.6 Å². The molecule has 100 valence electrons. The minimum atomic E-state index is -0.420. The van der Waals surface area contributed by atoms with Gasteiger partial charge in [0, 0.05) is 25.6 Å². The van der Waals surface area contributed by atoms with Crippen LogP contribution in [0.1, 0.15) is 25.8 Å². The first kappa shape index (κ1) is 14.9. The summed E-state index contributed by atoms with van der Waals surface area (Å²) < 4.78 is 12.9. The van der Waals surface area contributed by atoms with Gasteiger partial charge in [-0.05, 0) is 31.5 Å². The zero-order valence-corrected chi connectivity index (χ0v) is 11.4. The van der Waals surface area contributed by atoms with Crippen molar-refractivity contribution in [3.05, 3.63) is 34.6 Å². The quantitative estimate of drug-likeness (QED) is 0.781. The Kier molecular flexibility index (Phi) is 6.09. The maximum Gasteiger partial charge on any atom is 0.221 e. The van der Waals surface area contributed by atoms with E-state index in [-0.39, 0.29) is 17.0 Å². The Bertz CT molecular complexity index is 410. The number of nitrogens with one attached hydrogen (secondary N) is 2. The van der Waals surface area contributed by atoms with Gasteiger partial charge in [0.15, 0.2) is 0 Å². The van der Waals surface area contributed by atoms with Crippen molar-refractivity contribution in [3.63, 3.8) is 0 Å². The number of carbonyl (C=O) groups excluding carboxylic acids is 1. The zero-order valence-electron chi connectivity index (χ0n) is 10.6. The maximum absolute atomic E-state index is 12.9. The number of hydrogen-bond donors (Lipinski definition) is 2. The van der Waals surface area contributed by atoms with Crippen molar-refractivity contribution in [2.75, 3.05) is 6.54 Å². The number of amides is 1. The molecule has 5 heteroatoms. The predicted octanol–water partition coefficient (Wildman–Crippen LogP) is 2.48. The molecule has 1 aromatic carbocycles. The zero-order chi connectivity index (χ0) is 13.5. The largest absolute Gasteiger partial charge is 0.354 e. The van der Waals surface area contributed by atoms with E-state index in [1.807, 2.05) is 13.8 Å². The van der Waals surface area contributed by atoms with E-state index in [1.54, 1.807) is 12.1 Å². The van der Waals surface area contributed by atoms with Crippen LogP contribution in [-0.4, -0.2) is 18.5 Å². The van der Waals surface area contributed by atoms with Crippen LogP contribution in [0.3, 0.4) is 0 Å². The van der Waals surface area contributed by atoms with Gasteiger partial charge in [-0.3, -0.25) is 4.79 Å². The summed E-state index contributed by atoms with van der Waals surface area (Å²) in [6.45, 7) is 4.99. The summed E-state index contributed by atoms with van der Waals surface area (Å²) in [6, 6.07) is 4.75. The van der Waals surface area contributed by atoms with E-state index >= 15 is 0 Å². The number of carbonyl (C=O) groups is 1. The van der Waals surface area contributed by atoms with Gasteiger partial charge in [-0.15, -0.1) is 0 Å². The van der Waals surface area contributed by atoms with Crippen molar-refractivity contribution in [1.82, 2.24) is 10.6 Å². The minimum absolute atomic E-state index is 0.0228. The summed E-state index contributed by atoms with van der Waals surface area (Å²) in [5.74, 6) is -0.397. The van der Waals surface area contributed by atoms with Crippen molar-refractivity contribution >= 4 is 17.5 Å². The SMILES string of the molecule is CC(C)NC(=O)CCNCc1ccc(F)c(Cl)c1. The molecule has 0 aliphatic carbocycles. The smallest absolute Gasteiger partial charge is 0.221 e. The molecule has 0 heterocycles. The lowest BCUT2D eigenvalue weighted by molar-refractivity contribution is -0.121. The molecule has 2 N–H and O–H groups in total. The molecule has 0 aromatic heterocycles. The predicted molar refractivity (Wildman–Crippen MR) is 71.0 cm³/mol. The van der Waals surface area contributed by atoms with Gasteiger partial charge >= 0.3 is 0 Å². The highest BCUT2D eigenvalue weighted by Gasteiger charge is 2.03. The van der Waals surface area contributed by atoms with E-state index < -0.39 is 5.82 Å². The molecule has 0 bridgehead atoms. The van der Waals surface area contributed by atoms with Gasteiger partial charge in [0.1, 0.15) is 5.82 Å². The maximum atomic E-state index is 12.9. The van der Waals surface area contributed by atoms with E-state index in [0.717, 1.165) is 5.56 Å². The van der Waals surface area contributed by atoms with Gasteiger partial charge in [-0.25, -0.2) is 4.39 Å². The molecule has 0 saturated carbocycles. The second-order valence-corrected chi connectivity index (χ2v) is 4.80. The lowest BCUT2D eigenvalue weighted by Gasteiger charge is -2.09. The Balaban J connectivity index is 2.25. The molecule has 0 fully saturated rings. The molecular formula is C13H18ClFN2O. The normalized spacial score (nSPS) is 10.7. The average molecular weight is 273 g/mol. The van der Waals surface area contributed by atoms with Crippen LogP contribution in [0.15, 0.2) is 18.2 Å². The van der Waals surface area contributed by atoms with Crippen LogP contribution in [0, 0.1) is 5.82 Å². The van der Waals surface area contributed by atoms with Crippen LogP contribution < -0.4 is 10.6 Å². The summed E-state index contributed by atoms with van der Waals surface area (Å²) in [6.07, 6.45) is 0.424. The molecule has 1 aromatic rings. The van der Waals surface area contributed by atoms with Crippen LogP contribution in [0.2, 0.25) is 5.02 Å². The van der Waals surface area contributed by atoms with Crippen LogP contribution in [0.25, 0.3) is 0 Å². The fourth-order valence-electron chi connectivity index (χ4n) is 1.48. The molecule has 1 amide bonds. The standard InChI is InChI=1S/C13H18ClFN2O/c1-9(2)17-13(18)5-6-16-8-10-3-4-12(15)11(14)7-10/h3-4,7,9,16H,5-6,8H2,1-2H3,(H,17,18). The van der Waals surface area contributed by atoms with Crippen LogP contribution >= 0.6 is 11.6 Å². The van der Waals surface area contributed by atoms with Crippen molar-refractivity contribution < 1.29 is 9.18 Å². The number of halogens is 2. The number of benzene rings is 1. The third kappa shape index (κ3) is 5.47. The van der Waals surface area contributed by atoms with Crippen molar-refractivity contribution in [2.45, 2.75) is 32.9 Å². The fourth-order valence-corrected chi connectivity index (χ4v) is 1.68. The lowest BCUT2D eigenvalue weighted by atomic mass is 10.2. The summed E-state index contributed by atoms with van der Waals surface area (Å²) in [5.41, 5.74) is 0.894.